The summed E-state index contributed by atoms with van der Waals surface area (Å²) in [5, 5.41) is 0. The van der Waals surface area contributed by atoms with Crippen LogP contribution in [-0.2, 0) is 0 Å². The van der Waals surface area contributed by atoms with E-state index in [9.17, 15) is 0 Å². The molecule has 0 spiro atoms. The molecule has 1 aromatic heterocycles. The summed E-state index contributed by atoms with van der Waals surface area (Å²) in [5.74, 6) is 2.81. The van der Waals surface area contributed by atoms with Crippen LogP contribution in [0.5, 0.6) is 0 Å². The van der Waals surface area contributed by atoms with Crippen molar-refractivity contribution in [1.29, 1.82) is 0 Å². The number of alkyl halides is 1. The summed E-state index contributed by atoms with van der Waals surface area (Å²) in [6.45, 7) is 0. The maximum atomic E-state index is 4.88. The third kappa shape index (κ3) is 3.90. The van der Waals surface area contributed by atoms with Crippen LogP contribution < -0.4 is 0 Å². The van der Waals surface area contributed by atoms with E-state index in [1.165, 1.54) is 18.4 Å². The van der Waals surface area contributed by atoms with Crippen molar-refractivity contribution in [3.8, 4) is 11.4 Å². The Morgan fingerprint density at radius 2 is 1.80 bits per heavy atom. The fraction of sp³-hybridized carbons (Fsp3) is 0.381. The first kappa shape index (κ1) is 16.6. The van der Waals surface area contributed by atoms with E-state index in [2.05, 4.69) is 46.3 Å². The van der Waals surface area contributed by atoms with E-state index in [1.807, 2.05) is 18.2 Å². The van der Waals surface area contributed by atoms with Gasteiger partial charge >= 0.3 is 0 Å². The van der Waals surface area contributed by atoms with Gasteiger partial charge in [-0.05, 0) is 44.1 Å². The predicted octanol–water partition coefficient (Wildman–Crippen LogP) is 5.69. The van der Waals surface area contributed by atoms with Crippen LogP contribution in [0, 0.1) is 0 Å². The van der Waals surface area contributed by atoms with Gasteiger partial charge in [-0.2, -0.15) is 0 Å². The van der Waals surface area contributed by atoms with Gasteiger partial charge in [0.25, 0.3) is 0 Å². The zero-order valence-electron chi connectivity index (χ0n) is 14.2. The van der Waals surface area contributed by atoms with Gasteiger partial charge in [-0.3, -0.25) is 0 Å². The minimum absolute atomic E-state index is 0.256. The highest BCUT2D eigenvalue weighted by Crippen LogP contribution is 2.32. The minimum Gasteiger partial charge on any atom is -0.213 e. The van der Waals surface area contributed by atoms with Crippen LogP contribution in [0.15, 0.2) is 48.6 Å². The van der Waals surface area contributed by atoms with Crippen molar-refractivity contribution >= 4 is 21.5 Å². The second-order valence-electron chi connectivity index (χ2n) is 6.79. The summed E-state index contributed by atoms with van der Waals surface area (Å²) in [6.07, 6.45) is 13.6. The zero-order valence-corrected chi connectivity index (χ0v) is 15.8. The molecule has 0 bridgehead atoms. The molecule has 25 heavy (non-hydrogen) atoms. The third-order valence-electron chi connectivity index (χ3n) is 4.86. The summed E-state index contributed by atoms with van der Waals surface area (Å²) in [5.41, 5.74) is 2.33. The molecule has 0 N–H and O–H groups in total. The molecule has 0 radical (unpaired) electrons. The first-order valence-corrected chi connectivity index (χ1v) is 10.0. The standard InChI is InChI=1S/C21H22BrN3/c22-18-13-7-12-17(14-18)21-24-19(15-8-3-1-4-9-15)23-20(25-21)16-10-5-2-6-11-16/h1,3-4,7-10,12,17-18H,2,5-6,11,13-14H2. The van der Waals surface area contributed by atoms with Crippen LogP contribution in [0.2, 0.25) is 0 Å². The number of benzene rings is 1. The highest BCUT2D eigenvalue weighted by molar-refractivity contribution is 9.09. The van der Waals surface area contributed by atoms with Crippen molar-refractivity contribution in [2.75, 3.05) is 0 Å². The fourth-order valence-electron chi connectivity index (χ4n) is 3.49. The van der Waals surface area contributed by atoms with Crippen molar-refractivity contribution < 1.29 is 0 Å². The molecule has 4 heteroatoms. The third-order valence-corrected chi connectivity index (χ3v) is 5.61. The first-order chi connectivity index (χ1) is 12.3. The van der Waals surface area contributed by atoms with E-state index in [4.69, 9.17) is 15.0 Å². The summed E-state index contributed by atoms with van der Waals surface area (Å²) < 4.78 is 0. The van der Waals surface area contributed by atoms with E-state index < -0.39 is 0 Å². The van der Waals surface area contributed by atoms with Crippen LogP contribution in [-0.4, -0.2) is 19.8 Å². The molecule has 2 atom stereocenters. The normalized spacial score (nSPS) is 23.3. The molecule has 0 fully saturated rings. The SMILES string of the molecule is BrC1CC=CC(c2nc(C3=CCCCC3)nc(-c3ccccc3)n2)C1. The van der Waals surface area contributed by atoms with Gasteiger partial charge in [0.05, 0.1) is 0 Å². The molecule has 0 aliphatic heterocycles. The van der Waals surface area contributed by atoms with Crippen molar-refractivity contribution in [1.82, 2.24) is 15.0 Å². The molecule has 1 aromatic carbocycles. The van der Waals surface area contributed by atoms with Gasteiger partial charge in [0, 0.05) is 16.3 Å². The van der Waals surface area contributed by atoms with Gasteiger partial charge < -0.3 is 0 Å². The van der Waals surface area contributed by atoms with Crippen molar-refractivity contribution in [2.45, 2.75) is 49.3 Å². The lowest BCUT2D eigenvalue weighted by atomic mass is 9.94. The molecule has 3 nitrogen and oxygen atoms in total. The highest BCUT2D eigenvalue weighted by atomic mass is 79.9. The average molecular weight is 396 g/mol. The molecule has 2 aliphatic rings. The number of aromatic nitrogens is 3. The Morgan fingerprint density at radius 3 is 2.56 bits per heavy atom. The number of rotatable bonds is 3. The molecular formula is C21H22BrN3. The van der Waals surface area contributed by atoms with Crippen LogP contribution in [0.4, 0.5) is 0 Å². The Hall–Kier alpha value is -1.81. The van der Waals surface area contributed by atoms with Gasteiger partial charge in [0.15, 0.2) is 11.6 Å². The molecule has 0 amide bonds. The van der Waals surface area contributed by atoms with Gasteiger partial charge in [0.1, 0.15) is 5.82 Å². The Balaban J connectivity index is 1.79. The lowest BCUT2D eigenvalue weighted by Crippen LogP contribution is -2.14. The Labute approximate surface area is 157 Å². The topological polar surface area (TPSA) is 38.7 Å². The number of hydrogen-bond donors (Lipinski definition) is 0. The van der Waals surface area contributed by atoms with Crippen LogP contribution in [0.1, 0.15) is 56.1 Å². The second-order valence-corrected chi connectivity index (χ2v) is 8.08. The van der Waals surface area contributed by atoms with Crippen molar-refractivity contribution in [3.05, 3.63) is 60.2 Å². The Kier molecular flexibility index (Phi) is 5.07. The fourth-order valence-corrected chi connectivity index (χ4v) is 4.11. The largest absolute Gasteiger partial charge is 0.213 e. The van der Waals surface area contributed by atoms with Crippen molar-refractivity contribution in [3.63, 3.8) is 0 Å². The zero-order chi connectivity index (χ0) is 17.1. The molecule has 0 saturated heterocycles. The van der Waals surface area contributed by atoms with E-state index in [-0.39, 0.29) is 5.92 Å². The monoisotopic (exact) mass is 395 g/mol. The number of halogens is 1. The van der Waals surface area contributed by atoms with Gasteiger partial charge in [0.2, 0.25) is 0 Å². The average Bonchev–Trinajstić information content (AvgIpc) is 2.69. The molecule has 2 unspecified atom stereocenters. The number of allylic oxidation sites excluding steroid dienone is 4. The van der Waals surface area contributed by atoms with Crippen molar-refractivity contribution in [2.24, 2.45) is 0 Å². The molecule has 128 valence electrons. The Bertz CT molecular complexity index is 798. The van der Waals surface area contributed by atoms with Gasteiger partial charge in [-0.1, -0.05) is 64.5 Å². The maximum absolute atomic E-state index is 4.88. The predicted molar refractivity (Wildman–Crippen MR) is 106 cm³/mol. The van der Waals surface area contributed by atoms with Gasteiger partial charge in [-0.15, -0.1) is 0 Å². The quantitative estimate of drug-likeness (QED) is 0.494. The summed E-state index contributed by atoms with van der Waals surface area (Å²) >= 11 is 3.75. The maximum Gasteiger partial charge on any atom is 0.163 e. The number of nitrogens with zero attached hydrogens (tertiary/aromatic N) is 3. The summed E-state index contributed by atoms with van der Waals surface area (Å²) in [4.78, 5) is 15.0. The molecule has 4 rings (SSSR count). The minimum atomic E-state index is 0.256. The van der Waals surface area contributed by atoms with E-state index in [1.54, 1.807) is 0 Å². The molecule has 1 heterocycles. The number of hydrogen-bond acceptors (Lipinski definition) is 3. The molecule has 2 aromatic rings. The van der Waals surface area contributed by atoms with E-state index in [0.717, 1.165) is 48.7 Å². The molecule has 0 saturated carbocycles. The summed E-state index contributed by atoms with van der Waals surface area (Å²) in [6, 6.07) is 10.2. The molecule has 2 aliphatic carbocycles. The highest BCUT2D eigenvalue weighted by Gasteiger charge is 2.22. The van der Waals surface area contributed by atoms with Gasteiger partial charge in [-0.25, -0.2) is 15.0 Å². The van der Waals surface area contributed by atoms with Crippen LogP contribution >= 0.6 is 15.9 Å². The molecular weight excluding hydrogens is 374 g/mol. The van der Waals surface area contributed by atoms with E-state index in [0.29, 0.717) is 4.83 Å². The van der Waals surface area contributed by atoms with Crippen LogP contribution in [0.25, 0.3) is 17.0 Å². The lowest BCUT2D eigenvalue weighted by Gasteiger charge is -2.21. The Morgan fingerprint density at radius 1 is 0.960 bits per heavy atom. The smallest absolute Gasteiger partial charge is 0.163 e. The first-order valence-electron chi connectivity index (χ1n) is 9.11. The second kappa shape index (κ2) is 7.61. The summed E-state index contributed by atoms with van der Waals surface area (Å²) in [7, 11) is 0. The van der Waals surface area contributed by atoms with Crippen LogP contribution in [0.3, 0.4) is 0 Å². The van der Waals surface area contributed by atoms with E-state index >= 15 is 0 Å². The lowest BCUT2D eigenvalue weighted by molar-refractivity contribution is 0.638.